The molecule has 0 radical (unpaired) electrons. The molecular weight excluding hydrogens is 441 g/mol. The molecular formula is C22H25ClFN3O3S. The van der Waals surface area contributed by atoms with E-state index in [0.29, 0.717) is 27.9 Å². The molecule has 0 aliphatic carbocycles. The third kappa shape index (κ3) is 4.92. The lowest BCUT2D eigenvalue weighted by molar-refractivity contribution is -0.130. The minimum atomic E-state index is -0.809. The summed E-state index contributed by atoms with van der Waals surface area (Å²) in [6, 6.07) is 12.1. The predicted molar refractivity (Wildman–Crippen MR) is 123 cm³/mol. The molecule has 1 amide bonds. The topological polar surface area (TPSA) is 54.9 Å². The van der Waals surface area contributed by atoms with E-state index in [-0.39, 0.29) is 23.8 Å². The second-order valence-corrected chi connectivity index (χ2v) is 8.55. The van der Waals surface area contributed by atoms with Crippen molar-refractivity contribution in [1.29, 1.82) is 0 Å². The molecule has 0 N–H and O–H groups in total. The number of rotatable bonds is 6. The Morgan fingerprint density at radius 1 is 1.10 bits per heavy atom. The highest BCUT2D eigenvalue weighted by molar-refractivity contribution is 7.22. The number of nitrogens with zero attached hydrogens (tertiary/aromatic N) is 3. The number of hydrogen-bond donors (Lipinski definition) is 0. The lowest BCUT2D eigenvalue weighted by Gasteiger charge is -2.33. The second-order valence-electron chi connectivity index (χ2n) is 7.54. The molecule has 31 heavy (non-hydrogen) atoms. The molecule has 0 spiro atoms. The van der Waals surface area contributed by atoms with Gasteiger partial charge < -0.3 is 14.4 Å². The number of thiazole rings is 1. The van der Waals surface area contributed by atoms with Gasteiger partial charge in [0.1, 0.15) is 17.4 Å². The highest BCUT2D eigenvalue weighted by Gasteiger charge is 2.38. The van der Waals surface area contributed by atoms with E-state index in [1.54, 1.807) is 23.1 Å². The van der Waals surface area contributed by atoms with Gasteiger partial charge in [-0.3, -0.25) is 9.69 Å². The van der Waals surface area contributed by atoms with Gasteiger partial charge in [-0.15, -0.1) is 12.4 Å². The van der Waals surface area contributed by atoms with E-state index in [4.69, 9.17) is 9.47 Å². The summed E-state index contributed by atoms with van der Waals surface area (Å²) in [5.74, 6) is 0.526. The number of hydrogen-bond acceptors (Lipinski definition) is 6. The van der Waals surface area contributed by atoms with Crippen LogP contribution in [0.4, 0.5) is 9.52 Å². The van der Waals surface area contributed by atoms with Gasteiger partial charge in [-0.2, -0.15) is 0 Å². The van der Waals surface area contributed by atoms with Crippen molar-refractivity contribution in [3.8, 4) is 11.5 Å². The SMILES string of the molecule is CC1Oc2ccccc2OC1C(=O)N(CCCN(C)C)c1nc2c(F)cccc2s1.Cl. The zero-order valence-electron chi connectivity index (χ0n) is 17.6. The fourth-order valence-corrected chi connectivity index (χ4v) is 4.42. The van der Waals surface area contributed by atoms with Crippen LogP contribution in [0.25, 0.3) is 10.2 Å². The standard InChI is InChI=1S/C22H24FN3O3S.ClH/c1-14-20(29-17-10-5-4-9-16(17)28-14)21(27)26(13-7-12-25(2)3)22-24-19-15(23)8-6-11-18(19)30-22;/h4-6,8-11,14,20H,7,12-13H2,1-3H3;1H. The first-order valence-corrected chi connectivity index (χ1v) is 10.7. The van der Waals surface area contributed by atoms with Gasteiger partial charge >= 0.3 is 0 Å². The summed E-state index contributed by atoms with van der Waals surface area (Å²) < 4.78 is 26.8. The maximum absolute atomic E-state index is 14.2. The first-order valence-electron chi connectivity index (χ1n) is 9.87. The van der Waals surface area contributed by atoms with E-state index in [1.807, 2.05) is 39.2 Å². The third-order valence-electron chi connectivity index (χ3n) is 4.93. The number of ether oxygens (including phenoxy) is 2. The van der Waals surface area contributed by atoms with Crippen molar-refractivity contribution in [2.75, 3.05) is 32.1 Å². The second kappa shape index (κ2) is 9.80. The molecule has 2 aromatic carbocycles. The number of amides is 1. The van der Waals surface area contributed by atoms with E-state index in [9.17, 15) is 9.18 Å². The monoisotopic (exact) mass is 465 g/mol. The minimum Gasteiger partial charge on any atom is -0.482 e. The molecule has 6 nitrogen and oxygen atoms in total. The normalized spacial score (nSPS) is 17.5. The Hall–Kier alpha value is -2.42. The molecule has 0 bridgehead atoms. The van der Waals surface area contributed by atoms with Gasteiger partial charge in [-0.25, -0.2) is 9.37 Å². The highest BCUT2D eigenvalue weighted by atomic mass is 35.5. The molecule has 2 atom stereocenters. The summed E-state index contributed by atoms with van der Waals surface area (Å²) >= 11 is 1.30. The summed E-state index contributed by atoms with van der Waals surface area (Å²) in [4.78, 5) is 21.6. The number of anilines is 1. The summed E-state index contributed by atoms with van der Waals surface area (Å²) in [5, 5.41) is 0.466. The average Bonchev–Trinajstić information content (AvgIpc) is 3.15. The number of halogens is 2. The molecule has 4 rings (SSSR count). The van der Waals surface area contributed by atoms with Gasteiger partial charge in [0.25, 0.3) is 5.91 Å². The lowest BCUT2D eigenvalue weighted by atomic mass is 10.1. The Bertz CT molecular complexity index is 1060. The van der Waals surface area contributed by atoms with Crippen molar-refractivity contribution in [1.82, 2.24) is 9.88 Å². The number of benzene rings is 2. The fraction of sp³-hybridized carbons (Fsp3) is 0.364. The minimum absolute atomic E-state index is 0. The molecule has 1 aliphatic heterocycles. The molecule has 1 aromatic heterocycles. The summed E-state index contributed by atoms with van der Waals surface area (Å²) in [5.41, 5.74) is 0.280. The van der Waals surface area contributed by atoms with Gasteiger partial charge in [0.2, 0.25) is 6.10 Å². The van der Waals surface area contributed by atoms with Crippen LogP contribution in [-0.4, -0.2) is 55.2 Å². The van der Waals surface area contributed by atoms with E-state index in [0.717, 1.165) is 13.0 Å². The van der Waals surface area contributed by atoms with Crippen LogP contribution < -0.4 is 14.4 Å². The number of aromatic nitrogens is 1. The van der Waals surface area contributed by atoms with Gasteiger partial charge in [0.15, 0.2) is 16.6 Å². The van der Waals surface area contributed by atoms with Crippen LogP contribution in [0.3, 0.4) is 0 Å². The molecule has 166 valence electrons. The third-order valence-corrected chi connectivity index (χ3v) is 5.97. The largest absolute Gasteiger partial charge is 0.482 e. The van der Waals surface area contributed by atoms with Crippen LogP contribution in [0.1, 0.15) is 13.3 Å². The van der Waals surface area contributed by atoms with E-state index < -0.39 is 18.0 Å². The van der Waals surface area contributed by atoms with Gasteiger partial charge in [-0.1, -0.05) is 29.5 Å². The van der Waals surface area contributed by atoms with E-state index in [1.165, 1.54) is 17.4 Å². The Morgan fingerprint density at radius 2 is 1.81 bits per heavy atom. The number of para-hydroxylation sites is 3. The van der Waals surface area contributed by atoms with Crippen molar-refractivity contribution in [2.45, 2.75) is 25.6 Å². The highest BCUT2D eigenvalue weighted by Crippen LogP contribution is 2.36. The van der Waals surface area contributed by atoms with Crippen molar-refractivity contribution in [2.24, 2.45) is 0 Å². The van der Waals surface area contributed by atoms with Crippen LogP contribution in [0.2, 0.25) is 0 Å². The smallest absolute Gasteiger partial charge is 0.273 e. The Kier molecular flexibility index (Phi) is 7.35. The van der Waals surface area contributed by atoms with Crippen molar-refractivity contribution in [3.63, 3.8) is 0 Å². The maximum atomic E-state index is 14.2. The molecule has 3 aromatic rings. The zero-order chi connectivity index (χ0) is 21.3. The Balaban J connectivity index is 0.00000272. The zero-order valence-corrected chi connectivity index (χ0v) is 19.2. The van der Waals surface area contributed by atoms with E-state index >= 15 is 0 Å². The average molecular weight is 466 g/mol. The molecule has 0 saturated heterocycles. The molecule has 0 fully saturated rings. The summed E-state index contributed by atoms with van der Waals surface area (Å²) in [7, 11) is 3.96. The van der Waals surface area contributed by atoms with Crippen molar-refractivity contribution < 1.29 is 18.7 Å². The first-order chi connectivity index (χ1) is 14.4. The van der Waals surface area contributed by atoms with Gasteiger partial charge in [-0.05, 0) is 58.3 Å². The quantitative estimate of drug-likeness (QED) is 0.541. The van der Waals surface area contributed by atoms with Crippen molar-refractivity contribution >= 4 is 45.0 Å². The van der Waals surface area contributed by atoms with Crippen LogP contribution in [0, 0.1) is 5.82 Å². The Labute approximate surface area is 191 Å². The number of carbonyl (C=O) groups excluding carboxylic acids is 1. The molecule has 2 heterocycles. The molecule has 0 saturated carbocycles. The van der Waals surface area contributed by atoms with Crippen LogP contribution >= 0.6 is 23.7 Å². The van der Waals surface area contributed by atoms with Crippen LogP contribution in [0.15, 0.2) is 42.5 Å². The van der Waals surface area contributed by atoms with Crippen LogP contribution in [-0.2, 0) is 4.79 Å². The first kappa shape index (κ1) is 23.2. The molecule has 2 unspecified atom stereocenters. The van der Waals surface area contributed by atoms with Crippen molar-refractivity contribution in [3.05, 3.63) is 48.3 Å². The molecule has 1 aliphatic rings. The maximum Gasteiger partial charge on any atom is 0.273 e. The predicted octanol–water partition coefficient (Wildman–Crippen LogP) is 4.37. The fourth-order valence-electron chi connectivity index (χ4n) is 3.41. The summed E-state index contributed by atoms with van der Waals surface area (Å²) in [6.07, 6.45) is -0.527. The van der Waals surface area contributed by atoms with Gasteiger partial charge in [0, 0.05) is 6.54 Å². The number of fused-ring (bicyclic) bond motifs is 2. The lowest BCUT2D eigenvalue weighted by Crippen LogP contribution is -2.51. The van der Waals surface area contributed by atoms with Gasteiger partial charge in [0.05, 0.1) is 4.70 Å². The van der Waals surface area contributed by atoms with E-state index in [2.05, 4.69) is 9.88 Å². The van der Waals surface area contributed by atoms with Crippen LogP contribution in [0.5, 0.6) is 11.5 Å². The molecule has 9 heteroatoms. The Morgan fingerprint density at radius 3 is 2.48 bits per heavy atom. The number of carbonyl (C=O) groups is 1. The summed E-state index contributed by atoms with van der Waals surface area (Å²) in [6.45, 7) is 3.07.